The highest BCUT2D eigenvalue weighted by molar-refractivity contribution is 5.47. The Balaban J connectivity index is 2.34. The maximum Gasteiger partial charge on any atom is 0.127 e. The largest absolute Gasteiger partial charge is 0.496 e. The van der Waals surface area contributed by atoms with E-state index >= 15 is 0 Å². The van der Waals surface area contributed by atoms with E-state index in [1.165, 1.54) is 0 Å². The van der Waals surface area contributed by atoms with Crippen LogP contribution in [0.2, 0.25) is 0 Å². The monoisotopic (exact) mass is 222 g/mol. The number of piperazine rings is 1. The lowest BCUT2D eigenvalue weighted by atomic mass is 10.0. The van der Waals surface area contributed by atoms with Gasteiger partial charge in [0.1, 0.15) is 11.5 Å². The Labute approximate surface area is 95.9 Å². The fourth-order valence-corrected chi connectivity index (χ4v) is 2.08. The Bertz CT molecular complexity index is 327. The molecule has 0 unspecified atom stereocenters. The van der Waals surface area contributed by atoms with Crippen molar-refractivity contribution in [3.63, 3.8) is 0 Å². The molecule has 0 aromatic heterocycles. The number of benzene rings is 1. The Hall–Kier alpha value is -1.26. The van der Waals surface area contributed by atoms with Crippen molar-refractivity contribution in [2.75, 3.05) is 33.9 Å². The summed E-state index contributed by atoms with van der Waals surface area (Å²) in [5, 5.41) is 6.82. The van der Waals surface area contributed by atoms with Gasteiger partial charge in [-0.3, -0.25) is 0 Å². The number of nitrogens with one attached hydrogen (secondary N) is 2. The van der Waals surface area contributed by atoms with Gasteiger partial charge in [-0.15, -0.1) is 0 Å². The van der Waals surface area contributed by atoms with Crippen LogP contribution in [0.3, 0.4) is 0 Å². The average molecular weight is 222 g/mol. The van der Waals surface area contributed by atoms with Crippen LogP contribution < -0.4 is 20.1 Å². The first-order chi connectivity index (χ1) is 7.86. The first-order valence-corrected chi connectivity index (χ1v) is 5.52. The molecular weight excluding hydrogens is 204 g/mol. The summed E-state index contributed by atoms with van der Waals surface area (Å²) in [7, 11) is 3.38. The molecule has 2 N–H and O–H groups in total. The van der Waals surface area contributed by atoms with Gasteiger partial charge in [0.2, 0.25) is 0 Å². The van der Waals surface area contributed by atoms with Gasteiger partial charge in [-0.05, 0) is 12.1 Å². The van der Waals surface area contributed by atoms with Crippen molar-refractivity contribution >= 4 is 0 Å². The summed E-state index contributed by atoms with van der Waals surface area (Å²) < 4.78 is 10.8. The van der Waals surface area contributed by atoms with Crippen LogP contribution in [0.5, 0.6) is 11.5 Å². The van der Waals surface area contributed by atoms with E-state index in [1.807, 2.05) is 18.2 Å². The van der Waals surface area contributed by atoms with Crippen LogP contribution in [0.1, 0.15) is 11.6 Å². The van der Waals surface area contributed by atoms with Crippen molar-refractivity contribution in [1.82, 2.24) is 10.6 Å². The molecule has 1 fully saturated rings. The lowest BCUT2D eigenvalue weighted by molar-refractivity contribution is 0.355. The van der Waals surface area contributed by atoms with E-state index < -0.39 is 0 Å². The summed E-state index contributed by atoms with van der Waals surface area (Å²) in [5.74, 6) is 1.75. The number of methoxy groups -OCH3 is 2. The molecule has 4 heteroatoms. The molecule has 0 radical (unpaired) electrons. The molecule has 0 aliphatic carbocycles. The van der Waals surface area contributed by atoms with Crippen LogP contribution in [0.25, 0.3) is 0 Å². The SMILES string of the molecule is COc1cccc(OC)c1[C@H]1CNCCN1. The predicted octanol–water partition coefficient (Wildman–Crippen LogP) is 0.938. The third-order valence-corrected chi connectivity index (χ3v) is 2.86. The Kier molecular flexibility index (Phi) is 3.64. The average Bonchev–Trinajstić information content (AvgIpc) is 2.38. The number of hydrogen-bond acceptors (Lipinski definition) is 4. The van der Waals surface area contributed by atoms with E-state index in [9.17, 15) is 0 Å². The molecule has 1 heterocycles. The molecule has 1 aliphatic heterocycles. The highest BCUT2D eigenvalue weighted by Gasteiger charge is 2.21. The second-order valence-corrected chi connectivity index (χ2v) is 3.79. The van der Waals surface area contributed by atoms with E-state index in [0.29, 0.717) is 0 Å². The Morgan fingerprint density at radius 1 is 1.12 bits per heavy atom. The maximum atomic E-state index is 5.39. The molecule has 1 aromatic carbocycles. The van der Waals surface area contributed by atoms with Crippen molar-refractivity contribution in [2.45, 2.75) is 6.04 Å². The fraction of sp³-hybridized carbons (Fsp3) is 0.500. The lowest BCUT2D eigenvalue weighted by Crippen LogP contribution is -2.42. The molecule has 1 aromatic rings. The van der Waals surface area contributed by atoms with E-state index in [-0.39, 0.29) is 6.04 Å². The molecule has 0 bridgehead atoms. The van der Waals surface area contributed by atoms with E-state index in [0.717, 1.165) is 36.7 Å². The molecule has 2 rings (SSSR count). The summed E-state index contributed by atoms with van der Waals surface area (Å²) in [6.07, 6.45) is 0. The zero-order chi connectivity index (χ0) is 11.4. The molecule has 0 spiro atoms. The van der Waals surface area contributed by atoms with Gasteiger partial charge in [-0.25, -0.2) is 0 Å². The van der Waals surface area contributed by atoms with Crippen LogP contribution in [0, 0.1) is 0 Å². The van der Waals surface area contributed by atoms with Gasteiger partial charge in [0.25, 0.3) is 0 Å². The van der Waals surface area contributed by atoms with Gasteiger partial charge in [0.15, 0.2) is 0 Å². The number of ether oxygens (including phenoxy) is 2. The molecule has 1 aliphatic rings. The molecular formula is C12H18N2O2. The fourth-order valence-electron chi connectivity index (χ4n) is 2.08. The highest BCUT2D eigenvalue weighted by Crippen LogP contribution is 2.34. The molecule has 1 atom stereocenters. The first kappa shape index (κ1) is 11.2. The van der Waals surface area contributed by atoms with Crippen molar-refractivity contribution < 1.29 is 9.47 Å². The molecule has 4 nitrogen and oxygen atoms in total. The normalized spacial score (nSPS) is 20.5. The van der Waals surface area contributed by atoms with Gasteiger partial charge in [0.05, 0.1) is 25.8 Å². The van der Waals surface area contributed by atoms with E-state index in [2.05, 4.69) is 10.6 Å². The smallest absolute Gasteiger partial charge is 0.127 e. The maximum absolute atomic E-state index is 5.39. The van der Waals surface area contributed by atoms with Crippen LogP contribution in [0.15, 0.2) is 18.2 Å². The number of rotatable bonds is 3. The van der Waals surface area contributed by atoms with Crippen molar-refractivity contribution in [3.8, 4) is 11.5 Å². The lowest BCUT2D eigenvalue weighted by Gasteiger charge is -2.27. The van der Waals surface area contributed by atoms with Crippen LogP contribution in [0.4, 0.5) is 0 Å². The minimum atomic E-state index is 0.250. The van der Waals surface area contributed by atoms with Gasteiger partial charge in [-0.1, -0.05) is 6.07 Å². The van der Waals surface area contributed by atoms with Crippen molar-refractivity contribution in [1.29, 1.82) is 0 Å². The molecule has 16 heavy (non-hydrogen) atoms. The third kappa shape index (κ3) is 2.13. The van der Waals surface area contributed by atoms with Gasteiger partial charge < -0.3 is 20.1 Å². The zero-order valence-electron chi connectivity index (χ0n) is 9.75. The highest BCUT2D eigenvalue weighted by atomic mass is 16.5. The topological polar surface area (TPSA) is 42.5 Å². The molecule has 0 saturated carbocycles. The molecule has 0 amide bonds. The minimum Gasteiger partial charge on any atom is -0.496 e. The number of hydrogen-bond donors (Lipinski definition) is 2. The summed E-state index contributed by atoms with van der Waals surface area (Å²) in [6.45, 7) is 2.87. The third-order valence-electron chi connectivity index (χ3n) is 2.86. The summed E-state index contributed by atoms with van der Waals surface area (Å²) in [5.41, 5.74) is 1.10. The van der Waals surface area contributed by atoms with Crippen LogP contribution in [-0.2, 0) is 0 Å². The summed E-state index contributed by atoms with van der Waals surface area (Å²) in [4.78, 5) is 0. The Morgan fingerprint density at radius 2 is 1.81 bits per heavy atom. The predicted molar refractivity (Wildman–Crippen MR) is 63.2 cm³/mol. The summed E-state index contributed by atoms with van der Waals surface area (Å²) in [6, 6.07) is 6.12. The quantitative estimate of drug-likeness (QED) is 0.798. The molecule has 1 saturated heterocycles. The van der Waals surface area contributed by atoms with E-state index in [1.54, 1.807) is 14.2 Å². The summed E-state index contributed by atoms with van der Waals surface area (Å²) >= 11 is 0. The van der Waals surface area contributed by atoms with Crippen LogP contribution in [-0.4, -0.2) is 33.9 Å². The zero-order valence-corrected chi connectivity index (χ0v) is 9.75. The van der Waals surface area contributed by atoms with Gasteiger partial charge in [0, 0.05) is 19.6 Å². The standard InChI is InChI=1S/C12H18N2O2/c1-15-10-4-3-5-11(16-2)12(10)9-8-13-6-7-14-9/h3-5,9,13-14H,6-8H2,1-2H3/t9-/m1/s1. The Morgan fingerprint density at radius 3 is 2.31 bits per heavy atom. The second kappa shape index (κ2) is 5.18. The van der Waals surface area contributed by atoms with E-state index in [4.69, 9.17) is 9.47 Å². The van der Waals surface area contributed by atoms with Gasteiger partial charge in [-0.2, -0.15) is 0 Å². The van der Waals surface area contributed by atoms with Crippen molar-refractivity contribution in [2.24, 2.45) is 0 Å². The van der Waals surface area contributed by atoms with Crippen molar-refractivity contribution in [3.05, 3.63) is 23.8 Å². The van der Waals surface area contributed by atoms with Gasteiger partial charge >= 0.3 is 0 Å². The van der Waals surface area contributed by atoms with Crippen LogP contribution >= 0.6 is 0 Å². The second-order valence-electron chi connectivity index (χ2n) is 3.79. The first-order valence-electron chi connectivity index (χ1n) is 5.52. The molecule has 88 valence electrons. The minimum absolute atomic E-state index is 0.250.